The summed E-state index contributed by atoms with van der Waals surface area (Å²) in [7, 11) is 0. The predicted molar refractivity (Wildman–Crippen MR) is 112 cm³/mol. The molecule has 1 N–H and O–H groups in total. The number of amidine groups is 1. The fourth-order valence-corrected chi connectivity index (χ4v) is 3.10. The summed E-state index contributed by atoms with van der Waals surface area (Å²) < 4.78 is 0.744. The monoisotopic (exact) mass is 406 g/mol. The van der Waals surface area contributed by atoms with Crippen molar-refractivity contribution in [3.05, 3.63) is 29.0 Å². The number of hydrogen-bond donors (Lipinski definition) is 1. The second-order valence-electron chi connectivity index (χ2n) is 10.7. The summed E-state index contributed by atoms with van der Waals surface area (Å²) in [5, 5.41) is 52.3. The normalized spacial score (nSPS) is 19.0. The average Bonchev–Trinajstić information content (AvgIpc) is 2.69. The van der Waals surface area contributed by atoms with Crippen molar-refractivity contribution in [1.82, 2.24) is 5.06 Å². The van der Waals surface area contributed by atoms with Crippen molar-refractivity contribution < 1.29 is 20.4 Å². The number of hydroxylamine groups is 5. The van der Waals surface area contributed by atoms with Crippen molar-refractivity contribution in [2.75, 3.05) is 10.1 Å². The van der Waals surface area contributed by atoms with Crippen molar-refractivity contribution in [2.45, 2.75) is 91.4 Å². The molecule has 0 fully saturated rings. The first-order chi connectivity index (χ1) is 12.8. The highest BCUT2D eigenvalue weighted by Crippen LogP contribution is 2.39. The van der Waals surface area contributed by atoms with Gasteiger partial charge >= 0.3 is 5.84 Å². The van der Waals surface area contributed by atoms with Crippen LogP contribution in [-0.2, 0) is 10.4 Å². The number of benzene rings is 1. The van der Waals surface area contributed by atoms with E-state index in [0.29, 0.717) is 5.56 Å². The highest BCUT2D eigenvalue weighted by Gasteiger charge is 2.59. The average molecular weight is 407 g/mol. The van der Waals surface area contributed by atoms with Crippen LogP contribution < -0.4 is 10.1 Å². The molecule has 0 unspecified atom stereocenters. The maximum absolute atomic E-state index is 13.1. The van der Waals surface area contributed by atoms with Crippen LogP contribution in [0.4, 0.5) is 11.4 Å². The van der Waals surface area contributed by atoms with Crippen molar-refractivity contribution >= 4 is 17.2 Å². The van der Waals surface area contributed by atoms with Gasteiger partial charge in [0, 0.05) is 0 Å². The second kappa shape index (κ2) is 6.75. The smallest absolute Gasteiger partial charge is 0.313 e. The topological polar surface area (TPSA) is 95.8 Å². The molecule has 0 atom stereocenters. The fourth-order valence-electron chi connectivity index (χ4n) is 3.10. The summed E-state index contributed by atoms with van der Waals surface area (Å²) in [5.74, 6) is 0.00715. The lowest BCUT2D eigenvalue weighted by Gasteiger charge is -2.33. The molecule has 0 saturated carbocycles. The van der Waals surface area contributed by atoms with Crippen molar-refractivity contribution in [1.29, 1.82) is 0 Å². The molecule has 0 aromatic heterocycles. The van der Waals surface area contributed by atoms with Crippen LogP contribution in [0, 0.1) is 5.21 Å². The third-order valence-corrected chi connectivity index (χ3v) is 5.78. The summed E-state index contributed by atoms with van der Waals surface area (Å²) in [5.41, 5.74) is -2.53. The van der Waals surface area contributed by atoms with Gasteiger partial charge in [0.25, 0.3) is 0 Å². The van der Waals surface area contributed by atoms with Gasteiger partial charge in [-0.3, -0.25) is 4.74 Å². The van der Waals surface area contributed by atoms with Gasteiger partial charge in [0.05, 0.1) is 28.0 Å². The molecule has 1 aliphatic rings. The highest BCUT2D eigenvalue weighted by molar-refractivity contribution is 5.98. The molecule has 0 bridgehead atoms. The van der Waals surface area contributed by atoms with Gasteiger partial charge in [-0.25, -0.2) is 15.3 Å². The van der Waals surface area contributed by atoms with E-state index in [2.05, 4.69) is 0 Å². The van der Waals surface area contributed by atoms with Gasteiger partial charge < -0.3 is 5.21 Å². The molecule has 0 amide bonds. The van der Waals surface area contributed by atoms with Crippen LogP contribution in [0.5, 0.6) is 0 Å². The van der Waals surface area contributed by atoms with Gasteiger partial charge in [0.1, 0.15) is 5.54 Å². The molecule has 8 heteroatoms. The van der Waals surface area contributed by atoms with E-state index >= 15 is 0 Å². The van der Waals surface area contributed by atoms with E-state index < -0.39 is 22.2 Å². The summed E-state index contributed by atoms with van der Waals surface area (Å²) in [4.78, 5) is 0. The molecule has 29 heavy (non-hydrogen) atoms. The van der Waals surface area contributed by atoms with Crippen LogP contribution in [-0.4, -0.2) is 43.0 Å². The van der Waals surface area contributed by atoms with E-state index in [0.717, 1.165) is 19.9 Å². The Bertz CT molecular complexity index is 781. The summed E-state index contributed by atoms with van der Waals surface area (Å²) in [6, 6.07) is 4.60. The zero-order valence-electron chi connectivity index (χ0n) is 19.2. The van der Waals surface area contributed by atoms with Gasteiger partial charge in [-0.2, -0.15) is 0 Å². The number of hydrogen-bond acceptors (Lipinski definition) is 5. The second-order valence-corrected chi connectivity index (χ2v) is 10.7. The number of rotatable bonds is 3. The minimum atomic E-state index is -0.935. The quantitative estimate of drug-likeness (QED) is 0.463. The van der Waals surface area contributed by atoms with Crippen molar-refractivity contribution in [3.8, 4) is 0 Å². The molecule has 1 heterocycles. The Hall–Kier alpha value is -2.03. The Morgan fingerprint density at radius 3 is 1.55 bits per heavy atom. The predicted octanol–water partition coefficient (Wildman–Crippen LogP) is 4.11. The van der Waals surface area contributed by atoms with Gasteiger partial charge in [-0.05, 0) is 87.4 Å². The molecule has 1 aliphatic heterocycles. The first kappa shape index (κ1) is 23.3. The Kier molecular flexibility index (Phi) is 5.41. The standard InChI is InChI=1S/C21H34N4O4/c1-18(2,3)22(26)15-11-14(12-16(13-15)23(27)19(4,5)6)17-24(28)20(7,8)21(9,10)25(17)29/h11-13,28H,1-10H3. The molecule has 1 aromatic rings. The van der Waals surface area contributed by atoms with Gasteiger partial charge in [0.2, 0.25) is 0 Å². The zero-order valence-corrected chi connectivity index (χ0v) is 19.2. The molecule has 0 saturated heterocycles. The van der Waals surface area contributed by atoms with Crippen LogP contribution in [0.2, 0.25) is 0 Å². The maximum Gasteiger partial charge on any atom is 0.313 e. The van der Waals surface area contributed by atoms with E-state index in [1.165, 1.54) is 6.07 Å². The Balaban J connectivity index is 2.77. The van der Waals surface area contributed by atoms with Crippen LogP contribution in [0.1, 0.15) is 74.8 Å². The molecular formula is C21H34N4O4. The molecule has 1 aromatic carbocycles. The van der Waals surface area contributed by atoms with Gasteiger partial charge in [0.15, 0.2) is 5.54 Å². The third kappa shape index (κ3) is 3.76. The first-order valence-electron chi connectivity index (χ1n) is 9.77. The van der Waals surface area contributed by atoms with Crippen LogP contribution in [0.3, 0.4) is 0 Å². The molecule has 0 aliphatic carbocycles. The number of nitrogens with zero attached hydrogens (tertiary/aromatic N) is 4. The van der Waals surface area contributed by atoms with Crippen molar-refractivity contribution in [2.24, 2.45) is 0 Å². The third-order valence-electron chi connectivity index (χ3n) is 5.78. The lowest BCUT2D eigenvalue weighted by Crippen LogP contribution is -2.53. The van der Waals surface area contributed by atoms with E-state index in [9.17, 15) is 20.8 Å². The molecular weight excluding hydrogens is 372 g/mol. The largest absolute Gasteiger partial charge is 0.714 e. The number of anilines is 2. The zero-order chi connectivity index (χ0) is 22.7. The Morgan fingerprint density at radius 1 is 0.897 bits per heavy atom. The summed E-state index contributed by atoms with van der Waals surface area (Å²) in [6.07, 6.45) is 0. The first-order valence-corrected chi connectivity index (χ1v) is 9.77. The molecule has 2 radical (unpaired) electrons. The maximum atomic E-state index is 13.1. The van der Waals surface area contributed by atoms with E-state index in [-0.39, 0.29) is 17.2 Å². The molecule has 2 rings (SSSR count). The highest BCUT2D eigenvalue weighted by atomic mass is 16.5. The Morgan fingerprint density at radius 2 is 1.28 bits per heavy atom. The van der Waals surface area contributed by atoms with Crippen LogP contribution in [0.15, 0.2) is 18.2 Å². The Labute approximate surface area is 173 Å². The summed E-state index contributed by atoms with van der Waals surface area (Å²) >= 11 is 0. The fraction of sp³-hybridized carbons (Fsp3) is 0.667. The minimum absolute atomic E-state index is 0.00715. The van der Waals surface area contributed by atoms with Crippen LogP contribution >= 0.6 is 0 Å². The molecule has 8 nitrogen and oxygen atoms in total. The van der Waals surface area contributed by atoms with Crippen molar-refractivity contribution in [3.63, 3.8) is 0 Å². The lowest BCUT2D eigenvalue weighted by atomic mass is 9.84. The van der Waals surface area contributed by atoms with Crippen LogP contribution in [0.25, 0.3) is 0 Å². The molecule has 162 valence electrons. The molecule has 0 spiro atoms. The minimum Gasteiger partial charge on any atom is -0.714 e. The van der Waals surface area contributed by atoms with Gasteiger partial charge in [-0.1, -0.05) is 10.4 Å². The van der Waals surface area contributed by atoms with E-state index in [4.69, 9.17) is 0 Å². The summed E-state index contributed by atoms with van der Waals surface area (Å²) in [6.45, 7) is 17.6. The SMILES string of the molecule is CC(C)(C)N([O])c1cc(C2=[N+]([O-])C(C)(C)C(C)(C)N2O)cc(N([O])C(C)(C)C)c1. The van der Waals surface area contributed by atoms with Gasteiger partial charge in [-0.15, -0.1) is 5.06 Å². The van der Waals surface area contributed by atoms with E-state index in [1.807, 2.05) is 0 Å². The lowest BCUT2D eigenvalue weighted by molar-refractivity contribution is -0.539. The van der Waals surface area contributed by atoms with E-state index in [1.54, 1.807) is 81.4 Å².